The van der Waals surface area contributed by atoms with Gasteiger partial charge in [0.15, 0.2) is 0 Å². The van der Waals surface area contributed by atoms with E-state index >= 15 is 0 Å². The molecule has 0 radical (unpaired) electrons. The van der Waals surface area contributed by atoms with Crippen LogP contribution in [0.5, 0.6) is 0 Å². The first-order valence-electron chi connectivity index (χ1n) is 9.33. The van der Waals surface area contributed by atoms with E-state index in [-0.39, 0.29) is 11.3 Å². The van der Waals surface area contributed by atoms with E-state index in [4.69, 9.17) is 0 Å². The minimum Gasteiger partial charge on any atom is -0.383 e. The summed E-state index contributed by atoms with van der Waals surface area (Å²) in [6.07, 6.45) is 3.46. The lowest BCUT2D eigenvalue weighted by atomic mass is 9.83. The molecule has 1 aliphatic carbocycles. The third-order valence-corrected chi connectivity index (χ3v) is 7.59. The maximum absolute atomic E-state index is 13.1. The maximum Gasteiger partial charge on any atom is 0.231 e. The fourth-order valence-corrected chi connectivity index (χ4v) is 5.84. The van der Waals surface area contributed by atoms with E-state index in [1.54, 1.807) is 22.7 Å². The Hall–Kier alpha value is -1.95. The maximum atomic E-state index is 13.1. The van der Waals surface area contributed by atoms with Crippen LogP contribution >= 0.6 is 22.7 Å². The topological polar surface area (TPSA) is 49.3 Å². The highest BCUT2D eigenvalue weighted by atomic mass is 32.1. The number of carbonyl (C=O) groups is 1. The molecule has 0 spiro atoms. The summed E-state index contributed by atoms with van der Waals surface area (Å²) in [6.45, 7) is 0.512. The first-order chi connectivity index (χ1) is 13.2. The largest absolute Gasteiger partial charge is 0.383 e. The highest BCUT2D eigenvalue weighted by Gasteiger charge is 2.43. The van der Waals surface area contributed by atoms with Gasteiger partial charge < -0.3 is 10.4 Å². The number of thiophene rings is 2. The van der Waals surface area contributed by atoms with Crippen molar-refractivity contribution in [3.05, 3.63) is 80.2 Å². The Labute approximate surface area is 167 Å². The van der Waals surface area contributed by atoms with Crippen LogP contribution in [0.4, 0.5) is 0 Å². The molecule has 0 unspecified atom stereocenters. The van der Waals surface area contributed by atoms with Gasteiger partial charge in [0.05, 0.1) is 12.0 Å². The van der Waals surface area contributed by atoms with Crippen LogP contribution in [0.2, 0.25) is 0 Å². The van der Waals surface area contributed by atoms with Gasteiger partial charge in [-0.3, -0.25) is 4.79 Å². The van der Waals surface area contributed by atoms with E-state index in [2.05, 4.69) is 16.8 Å². The molecule has 27 heavy (non-hydrogen) atoms. The van der Waals surface area contributed by atoms with Crippen molar-refractivity contribution in [2.75, 3.05) is 0 Å². The molecule has 1 fully saturated rings. The third-order valence-electron chi connectivity index (χ3n) is 5.38. The lowest BCUT2D eigenvalue weighted by molar-refractivity contribution is -0.126. The van der Waals surface area contributed by atoms with Gasteiger partial charge in [0, 0.05) is 14.6 Å². The smallest absolute Gasteiger partial charge is 0.231 e. The van der Waals surface area contributed by atoms with Gasteiger partial charge in [-0.25, -0.2) is 0 Å². The summed E-state index contributed by atoms with van der Waals surface area (Å²) in [5, 5.41) is 15.8. The van der Waals surface area contributed by atoms with Crippen LogP contribution in [0.1, 0.15) is 52.0 Å². The summed E-state index contributed by atoms with van der Waals surface area (Å²) in [7, 11) is 0. The molecule has 0 aliphatic heterocycles. The third kappa shape index (κ3) is 3.72. The zero-order chi connectivity index (χ0) is 18.7. The van der Waals surface area contributed by atoms with Crippen molar-refractivity contribution >= 4 is 28.6 Å². The molecule has 4 rings (SSSR count). The molecule has 2 aromatic heterocycles. The second kappa shape index (κ2) is 7.97. The summed E-state index contributed by atoms with van der Waals surface area (Å²) in [5.74, 6) is 0.140. The predicted octanol–water partition coefficient (Wildman–Crippen LogP) is 5.02. The predicted molar refractivity (Wildman–Crippen MR) is 111 cm³/mol. The highest BCUT2D eigenvalue weighted by molar-refractivity contribution is 7.12. The summed E-state index contributed by atoms with van der Waals surface area (Å²) in [4.78, 5) is 16.2. The van der Waals surface area contributed by atoms with Crippen LogP contribution in [-0.2, 0) is 16.8 Å². The molecule has 140 valence electrons. The van der Waals surface area contributed by atoms with E-state index in [0.717, 1.165) is 41.0 Å². The Morgan fingerprint density at radius 2 is 1.85 bits per heavy atom. The summed E-state index contributed by atoms with van der Waals surface area (Å²) >= 11 is 3.24. The minimum absolute atomic E-state index is 0.140. The first-order valence-corrected chi connectivity index (χ1v) is 11.0. The average Bonchev–Trinajstić information content (AvgIpc) is 3.47. The molecule has 1 amide bonds. The molecule has 0 saturated heterocycles. The number of rotatable bonds is 6. The van der Waals surface area contributed by atoms with Gasteiger partial charge in [-0.2, -0.15) is 0 Å². The highest BCUT2D eigenvalue weighted by Crippen LogP contribution is 2.43. The molecule has 1 atom stereocenters. The fourth-order valence-electron chi connectivity index (χ4n) is 3.89. The Balaban J connectivity index is 1.43. The summed E-state index contributed by atoms with van der Waals surface area (Å²) < 4.78 is 0. The molecule has 1 saturated carbocycles. The van der Waals surface area contributed by atoms with Crippen molar-refractivity contribution in [2.24, 2.45) is 0 Å². The summed E-state index contributed by atoms with van der Waals surface area (Å²) in [6, 6.07) is 17.7. The quantitative estimate of drug-likeness (QED) is 0.614. The lowest BCUT2D eigenvalue weighted by Crippen LogP contribution is -2.41. The van der Waals surface area contributed by atoms with E-state index in [1.807, 2.05) is 48.5 Å². The fraction of sp³-hybridized carbons (Fsp3) is 0.318. The Bertz CT molecular complexity index is 880. The SMILES string of the molecule is O=C(NCc1ccc([C@H](O)c2ccccc2)s1)C1(c2cccs2)CCCC1. The Morgan fingerprint density at radius 3 is 2.56 bits per heavy atom. The van der Waals surface area contributed by atoms with Crippen LogP contribution in [0.3, 0.4) is 0 Å². The van der Waals surface area contributed by atoms with Gasteiger partial charge in [-0.1, -0.05) is 49.2 Å². The van der Waals surface area contributed by atoms with E-state index < -0.39 is 6.10 Å². The van der Waals surface area contributed by atoms with Gasteiger partial charge in [0.2, 0.25) is 5.91 Å². The molecule has 3 aromatic rings. The molecular weight excluding hydrogens is 374 g/mol. The second-order valence-corrected chi connectivity index (χ2v) is 9.21. The van der Waals surface area contributed by atoms with Crippen LogP contribution in [0.15, 0.2) is 60.0 Å². The number of aliphatic hydroxyl groups is 1. The molecule has 2 heterocycles. The lowest BCUT2D eigenvalue weighted by Gasteiger charge is -2.26. The molecule has 5 heteroatoms. The van der Waals surface area contributed by atoms with Gasteiger partial charge in [-0.15, -0.1) is 22.7 Å². The standard InChI is InChI=1S/C22H23NO2S2/c24-20(16-7-2-1-3-8-16)18-11-10-17(27-18)15-23-21(25)22(12-4-5-13-22)19-9-6-14-26-19/h1-3,6-11,14,20,24H,4-5,12-13,15H2,(H,23,25)/t20-/m1/s1. The normalized spacial score (nSPS) is 16.9. The number of carbonyl (C=O) groups excluding carboxylic acids is 1. The van der Waals surface area contributed by atoms with E-state index in [0.29, 0.717) is 6.54 Å². The first kappa shape index (κ1) is 18.4. The van der Waals surface area contributed by atoms with E-state index in [9.17, 15) is 9.90 Å². The van der Waals surface area contributed by atoms with E-state index in [1.165, 1.54) is 4.88 Å². The molecular formula is C22H23NO2S2. The van der Waals surface area contributed by atoms with Crippen molar-refractivity contribution in [1.29, 1.82) is 0 Å². The number of benzene rings is 1. The molecule has 0 bridgehead atoms. The van der Waals surface area contributed by atoms with Gasteiger partial charge in [0.1, 0.15) is 6.10 Å². The summed E-state index contributed by atoms with van der Waals surface area (Å²) in [5.41, 5.74) is 0.537. The Morgan fingerprint density at radius 1 is 1.07 bits per heavy atom. The van der Waals surface area contributed by atoms with Crippen molar-refractivity contribution in [2.45, 2.75) is 43.7 Å². The second-order valence-electron chi connectivity index (χ2n) is 7.07. The molecule has 1 aromatic carbocycles. The van der Waals surface area contributed by atoms with Crippen LogP contribution in [0, 0.1) is 0 Å². The van der Waals surface area contributed by atoms with Crippen LogP contribution in [-0.4, -0.2) is 11.0 Å². The van der Waals surface area contributed by atoms with Crippen molar-refractivity contribution in [1.82, 2.24) is 5.32 Å². The molecule has 2 N–H and O–H groups in total. The molecule has 1 aliphatic rings. The number of amides is 1. The van der Waals surface area contributed by atoms with Gasteiger partial charge in [0.25, 0.3) is 0 Å². The number of nitrogens with one attached hydrogen (secondary N) is 1. The number of aliphatic hydroxyl groups excluding tert-OH is 1. The number of hydrogen-bond acceptors (Lipinski definition) is 4. The van der Waals surface area contributed by atoms with Crippen molar-refractivity contribution in [3.8, 4) is 0 Å². The average molecular weight is 398 g/mol. The minimum atomic E-state index is -0.618. The van der Waals surface area contributed by atoms with Gasteiger partial charge >= 0.3 is 0 Å². The van der Waals surface area contributed by atoms with Gasteiger partial charge in [-0.05, 0) is 42.0 Å². The van der Waals surface area contributed by atoms with Crippen molar-refractivity contribution < 1.29 is 9.90 Å². The zero-order valence-corrected chi connectivity index (χ0v) is 16.7. The zero-order valence-electron chi connectivity index (χ0n) is 15.1. The van der Waals surface area contributed by atoms with Crippen LogP contribution < -0.4 is 5.32 Å². The van der Waals surface area contributed by atoms with Crippen LogP contribution in [0.25, 0.3) is 0 Å². The monoisotopic (exact) mass is 397 g/mol. The number of hydrogen-bond donors (Lipinski definition) is 2. The Kier molecular flexibility index (Phi) is 5.43. The van der Waals surface area contributed by atoms with Crippen molar-refractivity contribution in [3.63, 3.8) is 0 Å². The molecule has 3 nitrogen and oxygen atoms in total.